The number of hydrogen-bond acceptors (Lipinski definition) is 3. The van der Waals surface area contributed by atoms with E-state index in [4.69, 9.17) is 4.74 Å². The van der Waals surface area contributed by atoms with Crippen molar-refractivity contribution in [3.8, 4) is 5.75 Å². The van der Waals surface area contributed by atoms with Gasteiger partial charge in [0.05, 0.1) is 7.11 Å². The summed E-state index contributed by atoms with van der Waals surface area (Å²) in [6.07, 6.45) is 0.338. The predicted octanol–water partition coefficient (Wildman–Crippen LogP) is 3.46. The van der Waals surface area contributed by atoms with Gasteiger partial charge in [-0.05, 0) is 36.8 Å². The van der Waals surface area contributed by atoms with Crippen LogP contribution in [0.2, 0.25) is 0 Å². The van der Waals surface area contributed by atoms with E-state index in [0.717, 1.165) is 27.0 Å². The Bertz CT molecular complexity index is 808. The fourth-order valence-electron chi connectivity index (χ4n) is 2.52. The topological polar surface area (TPSA) is 74.8 Å². The number of amides is 1. The van der Waals surface area contributed by atoms with Crippen molar-refractivity contribution in [2.45, 2.75) is 19.9 Å². The highest BCUT2D eigenvalue weighted by Gasteiger charge is 2.07. The molecule has 0 aliphatic heterocycles. The summed E-state index contributed by atoms with van der Waals surface area (Å²) in [7, 11) is 3.35. The molecule has 0 aliphatic carbocycles. The van der Waals surface area contributed by atoms with Crippen LogP contribution < -0.4 is 20.7 Å². The van der Waals surface area contributed by atoms with Crippen molar-refractivity contribution in [3.63, 3.8) is 0 Å². The van der Waals surface area contributed by atoms with Gasteiger partial charge in [0, 0.05) is 42.3 Å². The third-order valence-corrected chi connectivity index (χ3v) is 4.46. The zero-order valence-corrected chi connectivity index (χ0v) is 17.4. The zero-order valence-electron chi connectivity index (χ0n) is 15.8. The molecule has 0 fully saturated rings. The molecule has 0 saturated carbocycles. The van der Waals surface area contributed by atoms with E-state index in [1.165, 1.54) is 0 Å². The molecule has 6 nitrogen and oxygen atoms in total. The molecule has 0 aromatic heterocycles. The molecule has 0 bridgehead atoms. The van der Waals surface area contributed by atoms with Crippen molar-refractivity contribution >= 4 is 33.5 Å². The van der Waals surface area contributed by atoms with Gasteiger partial charge >= 0.3 is 0 Å². The third-order valence-electron chi connectivity index (χ3n) is 3.97. The van der Waals surface area contributed by atoms with Gasteiger partial charge in [0.15, 0.2) is 5.96 Å². The Kier molecular flexibility index (Phi) is 8.13. The molecule has 0 atom stereocenters. The smallest absolute Gasteiger partial charge is 0.226 e. The van der Waals surface area contributed by atoms with E-state index in [0.29, 0.717) is 25.5 Å². The summed E-state index contributed by atoms with van der Waals surface area (Å²) in [4.78, 5) is 16.3. The average Bonchev–Trinajstić information content (AvgIpc) is 2.67. The lowest BCUT2D eigenvalue weighted by Gasteiger charge is -2.14. The molecule has 1 amide bonds. The molecule has 3 N–H and O–H groups in total. The first-order valence-corrected chi connectivity index (χ1v) is 9.45. The minimum absolute atomic E-state index is 0.0481. The molecule has 144 valence electrons. The molecule has 0 spiro atoms. The lowest BCUT2D eigenvalue weighted by atomic mass is 10.2. The number of aliphatic imine (C=N–C) groups is 1. The van der Waals surface area contributed by atoms with Gasteiger partial charge in [0.1, 0.15) is 5.75 Å². The monoisotopic (exact) mass is 432 g/mol. The molecular weight excluding hydrogens is 408 g/mol. The van der Waals surface area contributed by atoms with Gasteiger partial charge in [-0.15, -0.1) is 0 Å². The van der Waals surface area contributed by atoms with Gasteiger partial charge < -0.3 is 20.7 Å². The van der Waals surface area contributed by atoms with E-state index < -0.39 is 0 Å². The summed E-state index contributed by atoms with van der Waals surface area (Å²) in [5, 5.41) is 9.29. The quantitative estimate of drug-likeness (QED) is 0.462. The largest absolute Gasteiger partial charge is 0.496 e. The van der Waals surface area contributed by atoms with Crippen LogP contribution in [0.1, 0.15) is 17.5 Å². The Labute approximate surface area is 168 Å². The number of carbonyl (C=O) groups is 1. The summed E-state index contributed by atoms with van der Waals surface area (Å²) >= 11 is 3.42. The van der Waals surface area contributed by atoms with E-state index in [1.807, 2.05) is 49.4 Å². The van der Waals surface area contributed by atoms with Gasteiger partial charge in [-0.25, -0.2) is 0 Å². The first kappa shape index (κ1) is 20.8. The molecule has 2 aromatic rings. The zero-order chi connectivity index (χ0) is 19.6. The average molecular weight is 433 g/mol. The molecule has 2 aromatic carbocycles. The molecular formula is C20H25BrN4O2. The third kappa shape index (κ3) is 6.60. The van der Waals surface area contributed by atoms with Crippen molar-refractivity contribution in [2.75, 3.05) is 26.0 Å². The maximum Gasteiger partial charge on any atom is 0.226 e. The van der Waals surface area contributed by atoms with Crippen molar-refractivity contribution < 1.29 is 9.53 Å². The second-order valence-electron chi connectivity index (χ2n) is 5.92. The van der Waals surface area contributed by atoms with Gasteiger partial charge in [-0.2, -0.15) is 0 Å². The Hall–Kier alpha value is -2.54. The number of aryl methyl sites for hydroxylation is 1. The predicted molar refractivity (Wildman–Crippen MR) is 113 cm³/mol. The van der Waals surface area contributed by atoms with E-state index in [2.05, 4.69) is 36.9 Å². The molecule has 0 heterocycles. The van der Waals surface area contributed by atoms with Gasteiger partial charge in [-0.3, -0.25) is 9.79 Å². The number of methoxy groups -OCH3 is 1. The standard InChI is InChI=1S/C20H25BrN4O2/c1-14-12-16(21)8-9-17(14)25-19(26)10-11-23-20(22-2)24-13-15-6-4-5-7-18(15)27-3/h4-9,12H,10-11,13H2,1-3H3,(H,25,26)(H2,22,23,24). The van der Waals surface area contributed by atoms with Gasteiger partial charge in [-0.1, -0.05) is 34.1 Å². The number of carbonyl (C=O) groups excluding carboxylic acids is 1. The van der Waals surface area contributed by atoms with Crippen molar-refractivity contribution in [1.82, 2.24) is 10.6 Å². The summed E-state index contributed by atoms with van der Waals surface area (Å²) in [6.45, 7) is 3.02. The van der Waals surface area contributed by atoms with Crippen LogP contribution in [-0.4, -0.2) is 32.6 Å². The van der Waals surface area contributed by atoms with Gasteiger partial charge in [0.25, 0.3) is 0 Å². The number of para-hydroxylation sites is 1. The SMILES string of the molecule is CN=C(NCCC(=O)Nc1ccc(Br)cc1C)NCc1ccccc1OC. The number of ether oxygens (including phenoxy) is 1. The summed E-state index contributed by atoms with van der Waals surface area (Å²) in [5.41, 5.74) is 2.87. The molecule has 0 aliphatic rings. The number of halogens is 1. The molecule has 0 saturated heterocycles. The number of nitrogens with one attached hydrogen (secondary N) is 3. The molecule has 0 radical (unpaired) electrons. The Balaban J connectivity index is 1.78. The molecule has 2 rings (SSSR count). The highest BCUT2D eigenvalue weighted by molar-refractivity contribution is 9.10. The number of rotatable bonds is 7. The Morgan fingerprint density at radius 2 is 1.96 bits per heavy atom. The van der Waals surface area contributed by atoms with Crippen LogP contribution >= 0.6 is 15.9 Å². The molecule has 0 unspecified atom stereocenters. The molecule has 7 heteroatoms. The maximum absolute atomic E-state index is 12.1. The number of guanidine groups is 1. The van der Waals surface area contributed by atoms with Crippen LogP contribution in [-0.2, 0) is 11.3 Å². The Morgan fingerprint density at radius 1 is 1.19 bits per heavy atom. The van der Waals surface area contributed by atoms with Crippen LogP contribution in [0.4, 0.5) is 5.69 Å². The summed E-state index contributed by atoms with van der Waals surface area (Å²) in [6, 6.07) is 13.6. The van der Waals surface area contributed by atoms with Crippen LogP contribution in [0.25, 0.3) is 0 Å². The highest BCUT2D eigenvalue weighted by atomic mass is 79.9. The lowest BCUT2D eigenvalue weighted by Crippen LogP contribution is -2.38. The van der Waals surface area contributed by atoms with Crippen LogP contribution in [0.3, 0.4) is 0 Å². The van der Waals surface area contributed by atoms with Crippen LogP contribution in [0, 0.1) is 6.92 Å². The lowest BCUT2D eigenvalue weighted by molar-refractivity contribution is -0.116. The summed E-state index contributed by atoms with van der Waals surface area (Å²) < 4.78 is 6.33. The van der Waals surface area contributed by atoms with Gasteiger partial charge in [0.2, 0.25) is 5.91 Å². The van der Waals surface area contributed by atoms with E-state index in [1.54, 1.807) is 14.2 Å². The second-order valence-corrected chi connectivity index (χ2v) is 6.84. The number of anilines is 1. The summed E-state index contributed by atoms with van der Waals surface area (Å²) in [5.74, 6) is 1.41. The Morgan fingerprint density at radius 3 is 2.67 bits per heavy atom. The van der Waals surface area contributed by atoms with Crippen molar-refractivity contribution in [3.05, 3.63) is 58.1 Å². The second kappa shape index (κ2) is 10.6. The maximum atomic E-state index is 12.1. The van der Waals surface area contributed by atoms with Crippen molar-refractivity contribution in [2.24, 2.45) is 4.99 Å². The highest BCUT2D eigenvalue weighted by Crippen LogP contribution is 2.20. The normalized spacial score (nSPS) is 11.0. The van der Waals surface area contributed by atoms with Crippen molar-refractivity contribution in [1.29, 1.82) is 0 Å². The minimum atomic E-state index is -0.0481. The van der Waals surface area contributed by atoms with Crippen LogP contribution in [0.15, 0.2) is 51.9 Å². The number of benzene rings is 2. The number of nitrogens with zero attached hydrogens (tertiary/aromatic N) is 1. The molecule has 27 heavy (non-hydrogen) atoms. The number of hydrogen-bond donors (Lipinski definition) is 3. The van der Waals surface area contributed by atoms with E-state index in [-0.39, 0.29) is 5.91 Å². The minimum Gasteiger partial charge on any atom is -0.496 e. The fourth-order valence-corrected chi connectivity index (χ4v) is 3.00. The van der Waals surface area contributed by atoms with E-state index in [9.17, 15) is 4.79 Å². The first-order chi connectivity index (χ1) is 13.0. The first-order valence-electron chi connectivity index (χ1n) is 8.66. The van der Waals surface area contributed by atoms with E-state index >= 15 is 0 Å². The van der Waals surface area contributed by atoms with Crippen LogP contribution in [0.5, 0.6) is 5.75 Å². The fraction of sp³-hybridized carbons (Fsp3) is 0.300.